The van der Waals surface area contributed by atoms with Crippen LogP contribution in [0.4, 0.5) is 0 Å². The number of fused-ring (bicyclic) bond motifs is 6. The Labute approximate surface area is 98.4 Å². The molecule has 3 rings (SSSR count). The molecule has 3 fully saturated rings. The van der Waals surface area contributed by atoms with Crippen LogP contribution in [0.25, 0.3) is 0 Å². The smallest absolute Gasteiger partial charge is 0.0674 e. The summed E-state index contributed by atoms with van der Waals surface area (Å²) in [6.45, 7) is 6.83. The molecule has 1 saturated carbocycles. The van der Waals surface area contributed by atoms with E-state index in [-0.39, 0.29) is 11.5 Å². The summed E-state index contributed by atoms with van der Waals surface area (Å²) in [6, 6.07) is 0. The molecular formula is C14H24O2. The lowest BCUT2D eigenvalue weighted by atomic mass is 9.58. The molecule has 6 atom stereocenters. The maximum absolute atomic E-state index is 10.7. The Hall–Kier alpha value is -0.0800. The fourth-order valence-corrected chi connectivity index (χ4v) is 4.53. The van der Waals surface area contributed by atoms with Gasteiger partial charge < -0.3 is 9.84 Å². The molecule has 0 spiro atoms. The zero-order chi connectivity index (χ0) is 11.5. The van der Waals surface area contributed by atoms with Gasteiger partial charge in [0.05, 0.1) is 18.3 Å². The summed E-state index contributed by atoms with van der Waals surface area (Å²) >= 11 is 0. The van der Waals surface area contributed by atoms with E-state index in [0.717, 1.165) is 6.42 Å². The Morgan fingerprint density at radius 3 is 2.69 bits per heavy atom. The van der Waals surface area contributed by atoms with Gasteiger partial charge in [-0.2, -0.15) is 0 Å². The summed E-state index contributed by atoms with van der Waals surface area (Å²) in [5, 5.41) is 10.7. The molecule has 0 aromatic heterocycles. The Morgan fingerprint density at radius 1 is 1.25 bits per heavy atom. The first-order valence-corrected chi connectivity index (χ1v) is 6.87. The summed E-state index contributed by atoms with van der Waals surface area (Å²) in [6.07, 6.45) is 5.32. The van der Waals surface area contributed by atoms with E-state index in [1.165, 1.54) is 19.3 Å². The molecule has 2 heteroatoms. The van der Waals surface area contributed by atoms with Gasteiger partial charge in [0.15, 0.2) is 0 Å². The van der Waals surface area contributed by atoms with E-state index >= 15 is 0 Å². The average Bonchev–Trinajstić information content (AvgIpc) is 2.67. The standard InChI is InChI=1S/C14H24O2/c1-8(2)9-6-7-14(3)11-5-4-10(16-11)12(9)13(14)15/h8-13,15H,4-7H2,1-3H3/t9-,10+,11-,12-,13?,14-/m0/s1. The van der Waals surface area contributed by atoms with E-state index in [0.29, 0.717) is 30.0 Å². The first-order valence-electron chi connectivity index (χ1n) is 6.87. The fourth-order valence-electron chi connectivity index (χ4n) is 4.53. The quantitative estimate of drug-likeness (QED) is 0.742. The van der Waals surface area contributed by atoms with Gasteiger partial charge in [-0.05, 0) is 37.5 Å². The third kappa shape index (κ3) is 1.26. The van der Waals surface area contributed by atoms with Crippen LogP contribution >= 0.6 is 0 Å². The molecule has 0 aromatic rings. The highest BCUT2D eigenvalue weighted by atomic mass is 16.5. The van der Waals surface area contributed by atoms with Crippen LogP contribution in [0.5, 0.6) is 0 Å². The number of hydrogen-bond donors (Lipinski definition) is 1. The van der Waals surface area contributed by atoms with Gasteiger partial charge in [-0.1, -0.05) is 20.8 Å². The van der Waals surface area contributed by atoms with Crippen LogP contribution in [-0.4, -0.2) is 23.4 Å². The van der Waals surface area contributed by atoms with Crippen LogP contribution in [-0.2, 0) is 4.74 Å². The lowest BCUT2D eigenvalue weighted by Gasteiger charge is -2.55. The van der Waals surface area contributed by atoms with Gasteiger partial charge in [0, 0.05) is 11.3 Å². The van der Waals surface area contributed by atoms with Gasteiger partial charge in [0.2, 0.25) is 0 Å². The first-order chi connectivity index (χ1) is 7.54. The molecule has 92 valence electrons. The second kappa shape index (κ2) is 3.46. The zero-order valence-corrected chi connectivity index (χ0v) is 10.6. The second-order valence-electron chi connectivity index (χ2n) is 6.72. The molecule has 4 bridgehead atoms. The third-order valence-electron chi connectivity index (χ3n) is 5.62. The van der Waals surface area contributed by atoms with Crippen molar-refractivity contribution >= 4 is 0 Å². The molecule has 2 heterocycles. The van der Waals surface area contributed by atoms with Crippen LogP contribution < -0.4 is 0 Å². The SMILES string of the molecule is CC(C)[C@@H]1CC[C@]2(C)C(O)[C@@H]1[C@H]1CC[C@@H]2O1. The molecule has 2 nitrogen and oxygen atoms in total. The van der Waals surface area contributed by atoms with Crippen molar-refractivity contribution in [2.24, 2.45) is 23.2 Å². The summed E-state index contributed by atoms with van der Waals surface area (Å²) in [5.41, 5.74) is 0.0447. The Balaban J connectivity index is 1.95. The summed E-state index contributed by atoms with van der Waals surface area (Å²) < 4.78 is 6.16. The maximum Gasteiger partial charge on any atom is 0.0674 e. The summed E-state index contributed by atoms with van der Waals surface area (Å²) in [7, 11) is 0. The van der Waals surface area contributed by atoms with E-state index in [2.05, 4.69) is 20.8 Å². The van der Waals surface area contributed by atoms with Crippen LogP contribution in [0.15, 0.2) is 0 Å². The molecule has 0 radical (unpaired) electrons. The minimum Gasteiger partial charge on any atom is -0.392 e. The van der Waals surface area contributed by atoms with Crippen molar-refractivity contribution in [3.8, 4) is 0 Å². The second-order valence-corrected chi connectivity index (χ2v) is 6.72. The lowest BCUT2D eigenvalue weighted by Crippen LogP contribution is -2.59. The zero-order valence-electron chi connectivity index (χ0n) is 10.6. The summed E-state index contributed by atoms with van der Waals surface area (Å²) in [4.78, 5) is 0. The van der Waals surface area contributed by atoms with Gasteiger partial charge in [-0.15, -0.1) is 0 Å². The van der Waals surface area contributed by atoms with E-state index in [1.807, 2.05) is 0 Å². The number of aliphatic hydroxyl groups is 1. The Morgan fingerprint density at radius 2 is 2.00 bits per heavy atom. The molecular weight excluding hydrogens is 200 g/mol. The molecule has 3 aliphatic rings. The monoisotopic (exact) mass is 224 g/mol. The van der Waals surface area contributed by atoms with Crippen LogP contribution in [0.1, 0.15) is 46.5 Å². The van der Waals surface area contributed by atoms with Gasteiger partial charge in [0.1, 0.15) is 0 Å². The predicted octanol–water partition coefficient (Wildman–Crippen LogP) is 2.60. The first kappa shape index (κ1) is 11.0. The van der Waals surface area contributed by atoms with Crippen molar-refractivity contribution in [3.63, 3.8) is 0 Å². The van der Waals surface area contributed by atoms with Crippen molar-refractivity contribution < 1.29 is 9.84 Å². The maximum atomic E-state index is 10.7. The number of hydrogen-bond acceptors (Lipinski definition) is 2. The normalized spacial score (nSPS) is 55.7. The molecule has 1 unspecified atom stereocenters. The van der Waals surface area contributed by atoms with E-state index in [9.17, 15) is 5.11 Å². The third-order valence-corrected chi connectivity index (χ3v) is 5.62. The molecule has 1 N–H and O–H groups in total. The average molecular weight is 224 g/mol. The van der Waals surface area contributed by atoms with Crippen LogP contribution in [0, 0.1) is 23.2 Å². The highest BCUT2D eigenvalue weighted by Crippen LogP contribution is 2.57. The van der Waals surface area contributed by atoms with Gasteiger partial charge >= 0.3 is 0 Å². The van der Waals surface area contributed by atoms with Crippen molar-refractivity contribution in [1.82, 2.24) is 0 Å². The number of aliphatic hydroxyl groups excluding tert-OH is 1. The number of ether oxygens (including phenoxy) is 1. The largest absolute Gasteiger partial charge is 0.392 e. The highest BCUT2D eigenvalue weighted by molar-refractivity contribution is 5.08. The van der Waals surface area contributed by atoms with Crippen LogP contribution in [0.3, 0.4) is 0 Å². The topological polar surface area (TPSA) is 29.5 Å². The highest BCUT2D eigenvalue weighted by Gasteiger charge is 2.60. The molecule has 0 amide bonds. The van der Waals surface area contributed by atoms with Gasteiger partial charge in [-0.3, -0.25) is 0 Å². The lowest BCUT2D eigenvalue weighted by molar-refractivity contribution is -0.222. The van der Waals surface area contributed by atoms with Gasteiger partial charge in [0.25, 0.3) is 0 Å². The summed E-state index contributed by atoms with van der Waals surface area (Å²) in [5.74, 6) is 1.73. The molecule has 2 aliphatic heterocycles. The Bertz CT molecular complexity index is 288. The van der Waals surface area contributed by atoms with Crippen molar-refractivity contribution in [1.29, 1.82) is 0 Å². The Kier molecular flexibility index (Phi) is 2.38. The van der Waals surface area contributed by atoms with Crippen molar-refractivity contribution in [2.45, 2.75) is 64.8 Å². The minimum atomic E-state index is -0.125. The van der Waals surface area contributed by atoms with Crippen molar-refractivity contribution in [2.75, 3.05) is 0 Å². The molecule has 2 saturated heterocycles. The van der Waals surface area contributed by atoms with E-state index < -0.39 is 0 Å². The van der Waals surface area contributed by atoms with Gasteiger partial charge in [-0.25, -0.2) is 0 Å². The number of rotatable bonds is 1. The van der Waals surface area contributed by atoms with Crippen LogP contribution in [0.2, 0.25) is 0 Å². The molecule has 0 aromatic carbocycles. The predicted molar refractivity (Wildman–Crippen MR) is 63.1 cm³/mol. The van der Waals surface area contributed by atoms with E-state index in [1.54, 1.807) is 0 Å². The van der Waals surface area contributed by atoms with Crippen molar-refractivity contribution in [3.05, 3.63) is 0 Å². The fraction of sp³-hybridized carbons (Fsp3) is 1.00. The molecule has 16 heavy (non-hydrogen) atoms. The molecule has 1 aliphatic carbocycles. The van der Waals surface area contributed by atoms with E-state index in [4.69, 9.17) is 4.74 Å². The minimum absolute atomic E-state index is 0.0447.